The van der Waals surface area contributed by atoms with Gasteiger partial charge < -0.3 is 15.4 Å². The minimum absolute atomic E-state index is 0.189. The predicted molar refractivity (Wildman–Crippen MR) is 64.4 cm³/mol. The van der Waals surface area contributed by atoms with Gasteiger partial charge in [-0.3, -0.25) is 4.79 Å². The van der Waals surface area contributed by atoms with Crippen LogP contribution in [0.3, 0.4) is 0 Å². The molecule has 1 rings (SSSR count). The number of ether oxygens (including phenoxy) is 1. The summed E-state index contributed by atoms with van der Waals surface area (Å²) in [5.41, 5.74) is 0. The molecule has 1 heterocycles. The van der Waals surface area contributed by atoms with E-state index in [0.717, 1.165) is 39.0 Å². The second-order valence-corrected chi connectivity index (χ2v) is 4.40. The van der Waals surface area contributed by atoms with E-state index in [0.29, 0.717) is 12.5 Å². The highest BCUT2D eigenvalue weighted by Crippen LogP contribution is 2.06. The van der Waals surface area contributed by atoms with Crippen molar-refractivity contribution in [2.45, 2.75) is 44.6 Å². The minimum atomic E-state index is 0.189. The lowest BCUT2D eigenvalue weighted by Gasteiger charge is -2.14. The van der Waals surface area contributed by atoms with Crippen LogP contribution in [0.15, 0.2) is 0 Å². The zero-order valence-corrected chi connectivity index (χ0v) is 10.3. The lowest BCUT2D eigenvalue weighted by Crippen LogP contribution is -2.33. The number of carbonyl (C=O) groups excluding carboxylic acids is 1. The van der Waals surface area contributed by atoms with Crippen molar-refractivity contribution in [1.29, 1.82) is 0 Å². The molecule has 4 nitrogen and oxygen atoms in total. The van der Waals surface area contributed by atoms with Gasteiger partial charge >= 0.3 is 0 Å². The summed E-state index contributed by atoms with van der Waals surface area (Å²) in [6.45, 7) is 2.71. The second-order valence-electron chi connectivity index (χ2n) is 4.40. The fourth-order valence-electron chi connectivity index (χ4n) is 2.00. The first-order valence-electron chi connectivity index (χ1n) is 6.32. The molecule has 1 amide bonds. The Morgan fingerprint density at radius 3 is 3.12 bits per heavy atom. The zero-order valence-electron chi connectivity index (χ0n) is 10.3. The molecule has 1 unspecified atom stereocenters. The van der Waals surface area contributed by atoms with Gasteiger partial charge in [0.1, 0.15) is 0 Å². The van der Waals surface area contributed by atoms with Gasteiger partial charge in [0.05, 0.1) is 0 Å². The van der Waals surface area contributed by atoms with Crippen LogP contribution in [0.4, 0.5) is 0 Å². The highest BCUT2D eigenvalue weighted by atomic mass is 16.5. The van der Waals surface area contributed by atoms with Crippen LogP contribution in [0.2, 0.25) is 0 Å². The molecule has 2 N–H and O–H groups in total. The van der Waals surface area contributed by atoms with Gasteiger partial charge in [0.25, 0.3) is 0 Å². The Labute approximate surface area is 98.1 Å². The Hall–Kier alpha value is -0.610. The van der Waals surface area contributed by atoms with E-state index in [-0.39, 0.29) is 5.91 Å². The maximum atomic E-state index is 11.3. The summed E-state index contributed by atoms with van der Waals surface area (Å²) in [4.78, 5) is 11.3. The van der Waals surface area contributed by atoms with Crippen molar-refractivity contribution in [3.63, 3.8) is 0 Å². The van der Waals surface area contributed by atoms with Crippen molar-refractivity contribution in [2.24, 2.45) is 0 Å². The van der Waals surface area contributed by atoms with Crippen molar-refractivity contribution < 1.29 is 9.53 Å². The number of methoxy groups -OCH3 is 1. The van der Waals surface area contributed by atoms with Gasteiger partial charge in [0, 0.05) is 32.7 Å². The van der Waals surface area contributed by atoms with Crippen LogP contribution >= 0.6 is 0 Å². The highest BCUT2D eigenvalue weighted by molar-refractivity contribution is 5.76. The van der Waals surface area contributed by atoms with E-state index in [2.05, 4.69) is 10.6 Å². The number of rotatable bonds is 7. The molecule has 0 saturated carbocycles. The van der Waals surface area contributed by atoms with Crippen molar-refractivity contribution >= 4 is 5.91 Å². The second kappa shape index (κ2) is 8.53. The molecule has 0 aromatic carbocycles. The van der Waals surface area contributed by atoms with Gasteiger partial charge in [0.2, 0.25) is 5.91 Å². The van der Waals surface area contributed by atoms with E-state index in [1.54, 1.807) is 7.11 Å². The summed E-state index contributed by atoms with van der Waals surface area (Å²) in [6.07, 6.45) is 6.33. The smallest absolute Gasteiger partial charge is 0.221 e. The van der Waals surface area contributed by atoms with Crippen LogP contribution in [0, 0.1) is 0 Å². The first-order chi connectivity index (χ1) is 7.83. The number of hydrogen-bond donors (Lipinski definition) is 2. The summed E-state index contributed by atoms with van der Waals surface area (Å²) < 4.78 is 5.00. The van der Waals surface area contributed by atoms with Gasteiger partial charge in [-0.25, -0.2) is 0 Å². The Kier molecular flexibility index (Phi) is 7.17. The molecule has 1 aliphatic rings. The van der Waals surface area contributed by atoms with Crippen LogP contribution < -0.4 is 10.6 Å². The van der Waals surface area contributed by atoms with Crippen molar-refractivity contribution in [2.75, 3.05) is 26.8 Å². The molecule has 4 heteroatoms. The molecule has 0 aliphatic carbocycles. The third-order valence-electron chi connectivity index (χ3n) is 2.94. The average Bonchev–Trinajstić information content (AvgIpc) is 2.48. The molecule has 1 atom stereocenters. The molecule has 1 fully saturated rings. The van der Waals surface area contributed by atoms with E-state index in [9.17, 15) is 4.79 Å². The molecule has 0 radical (unpaired) electrons. The van der Waals surface area contributed by atoms with E-state index in [1.165, 1.54) is 12.8 Å². The quantitative estimate of drug-likeness (QED) is 0.641. The third kappa shape index (κ3) is 6.08. The number of carbonyl (C=O) groups is 1. The van der Waals surface area contributed by atoms with Crippen molar-refractivity contribution in [3.8, 4) is 0 Å². The minimum Gasteiger partial charge on any atom is -0.385 e. The van der Waals surface area contributed by atoms with E-state index in [4.69, 9.17) is 4.74 Å². The van der Waals surface area contributed by atoms with Crippen LogP contribution in [-0.4, -0.2) is 38.8 Å². The lowest BCUT2D eigenvalue weighted by molar-refractivity contribution is -0.121. The number of amides is 1. The normalized spacial score (nSPS) is 21.6. The SMILES string of the molecule is COCCCCCNC1CCCNC(=O)C1. The number of hydrogen-bond acceptors (Lipinski definition) is 3. The van der Waals surface area contributed by atoms with Crippen LogP contribution in [0.25, 0.3) is 0 Å². The molecule has 1 aliphatic heterocycles. The highest BCUT2D eigenvalue weighted by Gasteiger charge is 2.15. The van der Waals surface area contributed by atoms with E-state index >= 15 is 0 Å². The van der Waals surface area contributed by atoms with Gasteiger partial charge in [-0.1, -0.05) is 0 Å². The predicted octanol–water partition coefficient (Wildman–Crippen LogP) is 1.06. The Balaban J connectivity index is 2.00. The fraction of sp³-hybridized carbons (Fsp3) is 0.917. The molecular weight excluding hydrogens is 204 g/mol. The average molecular weight is 228 g/mol. The standard InChI is InChI=1S/C12H24N2O2/c1-16-9-4-2-3-7-13-11-6-5-8-14-12(15)10-11/h11,13H,2-10H2,1H3,(H,14,15). The van der Waals surface area contributed by atoms with Gasteiger partial charge in [-0.2, -0.15) is 0 Å². The Bertz CT molecular complexity index is 197. The molecule has 1 saturated heterocycles. The Morgan fingerprint density at radius 1 is 1.44 bits per heavy atom. The van der Waals surface area contributed by atoms with Crippen LogP contribution in [0.1, 0.15) is 38.5 Å². The summed E-state index contributed by atoms with van der Waals surface area (Å²) in [7, 11) is 1.74. The lowest BCUT2D eigenvalue weighted by atomic mass is 10.1. The van der Waals surface area contributed by atoms with Crippen LogP contribution in [-0.2, 0) is 9.53 Å². The van der Waals surface area contributed by atoms with Crippen molar-refractivity contribution in [1.82, 2.24) is 10.6 Å². The molecule has 94 valence electrons. The summed E-state index contributed by atoms with van der Waals surface area (Å²) in [5, 5.41) is 6.36. The van der Waals surface area contributed by atoms with E-state index in [1.807, 2.05) is 0 Å². The molecule has 0 spiro atoms. The maximum absolute atomic E-state index is 11.3. The molecule has 0 bridgehead atoms. The number of nitrogens with one attached hydrogen (secondary N) is 2. The van der Waals surface area contributed by atoms with Crippen molar-refractivity contribution in [3.05, 3.63) is 0 Å². The topological polar surface area (TPSA) is 50.4 Å². The summed E-state index contributed by atoms with van der Waals surface area (Å²) >= 11 is 0. The van der Waals surface area contributed by atoms with Gasteiger partial charge in [-0.15, -0.1) is 0 Å². The first kappa shape index (κ1) is 13.5. The third-order valence-corrected chi connectivity index (χ3v) is 2.94. The van der Waals surface area contributed by atoms with Gasteiger partial charge in [-0.05, 0) is 38.6 Å². The molecule has 16 heavy (non-hydrogen) atoms. The Morgan fingerprint density at radius 2 is 2.31 bits per heavy atom. The van der Waals surface area contributed by atoms with Crippen LogP contribution in [0.5, 0.6) is 0 Å². The largest absolute Gasteiger partial charge is 0.385 e. The fourth-order valence-corrected chi connectivity index (χ4v) is 2.00. The molecular formula is C12H24N2O2. The zero-order chi connectivity index (χ0) is 11.6. The molecule has 0 aromatic heterocycles. The first-order valence-corrected chi connectivity index (χ1v) is 6.32. The number of unbranched alkanes of at least 4 members (excludes halogenated alkanes) is 2. The molecule has 0 aromatic rings. The maximum Gasteiger partial charge on any atom is 0.221 e. The van der Waals surface area contributed by atoms with E-state index < -0.39 is 0 Å². The summed E-state index contributed by atoms with van der Waals surface area (Å²) in [6, 6.07) is 0.380. The van der Waals surface area contributed by atoms with Gasteiger partial charge in [0.15, 0.2) is 0 Å². The monoisotopic (exact) mass is 228 g/mol. The summed E-state index contributed by atoms with van der Waals surface area (Å²) in [5.74, 6) is 0.189.